The summed E-state index contributed by atoms with van der Waals surface area (Å²) in [7, 11) is 0. The summed E-state index contributed by atoms with van der Waals surface area (Å²) in [4.78, 5) is 14.0. The van der Waals surface area contributed by atoms with Gasteiger partial charge in [0.15, 0.2) is 17.3 Å². The maximum absolute atomic E-state index is 14.0. The van der Waals surface area contributed by atoms with Crippen LogP contribution in [0.3, 0.4) is 0 Å². The number of hydrogen-bond acceptors (Lipinski definition) is 6. The van der Waals surface area contributed by atoms with Gasteiger partial charge in [0.05, 0.1) is 41.7 Å². The lowest BCUT2D eigenvalue weighted by Gasteiger charge is -2.30. The van der Waals surface area contributed by atoms with Crippen molar-refractivity contribution in [1.29, 1.82) is 0 Å². The number of carbonyl (C=O) groups is 1. The van der Waals surface area contributed by atoms with Gasteiger partial charge in [-0.3, -0.25) is 4.79 Å². The number of halogens is 1. The van der Waals surface area contributed by atoms with Crippen molar-refractivity contribution in [3.05, 3.63) is 87.5 Å². The zero-order chi connectivity index (χ0) is 28.2. The van der Waals surface area contributed by atoms with Gasteiger partial charge in [0, 0.05) is 17.7 Å². The SMILES string of the molecule is CCOc1cc(C2Nc3ccccc3NC3=C2C(=O)CC(c2ccc(OCC(C)C)cc2)C3)cc(Br)c1OCC. The highest BCUT2D eigenvalue weighted by molar-refractivity contribution is 9.10. The number of hydrogen-bond donors (Lipinski definition) is 2. The minimum atomic E-state index is -0.349. The quantitative estimate of drug-likeness (QED) is 0.256. The van der Waals surface area contributed by atoms with Crippen LogP contribution in [0, 0.1) is 5.92 Å². The molecule has 0 fully saturated rings. The van der Waals surface area contributed by atoms with Crippen LogP contribution in [-0.2, 0) is 4.79 Å². The van der Waals surface area contributed by atoms with E-state index in [4.69, 9.17) is 14.2 Å². The number of allylic oxidation sites excluding steroid dienone is 1. The highest BCUT2D eigenvalue weighted by atomic mass is 79.9. The Balaban J connectivity index is 1.53. The van der Waals surface area contributed by atoms with Gasteiger partial charge in [0.1, 0.15) is 5.75 Å². The van der Waals surface area contributed by atoms with E-state index < -0.39 is 0 Å². The topological polar surface area (TPSA) is 68.8 Å². The summed E-state index contributed by atoms with van der Waals surface area (Å²) in [5.74, 6) is 2.86. The van der Waals surface area contributed by atoms with Gasteiger partial charge in [-0.2, -0.15) is 0 Å². The summed E-state index contributed by atoms with van der Waals surface area (Å²) in [6.07, 6.45) is 1.17. The second-order valence-electron chi connectivity index (χ2n) is 10.6. The molecule has 0 bridgehead atoms. The molecule has 0 spiro atoms. The average molecular weight is 606 g/mol. The molecule has 2 N–H and O–H groups in total. The zero-order valence-electron chi connectivity index (χ0n) is 23.6. The number of carbonyl (C=O) groups excluding carboxylic acids is 1. The maximum Gasteiger partial charge on any atom is 0.175 e. The van der Waals surface area contributed by atoms with E-state index in [-0.39, 0.29) is 17.7 Å². The lowest BCUT2D eigenvalue weighted by atomic mass is 9.78. The Kier molecular flexibility index (Phi) is 8.69. The van der Waals surface area contributed by atoms with Crippen LogP contribution in [-0.4, -0.2) is 25.6 Å². The van der Waals surface area contributed by atoms with E-state index in [1.807, 2.05) is 62.4 Å². The fraction of sp³-hybridized carbons (Fsp3) is 0.364. The molecule has 6 nitrogen and oxygen atoms in total. The van der Waals surface area contributed by atoms with Crippen molar-refractivity contribution in [2.75, 3.05) is 30.5 Å². The summed E-state index contributed by atoms with van der Waals surface area (Å²) in [6.45, 7) is 9.89. The first kappa shape index (κ1) is 28.1. The summed E-state index contributed by atoms with van der Waals surface area (Å²) >= 11 is 3.70. The molecular formula is C33H37BrN2O4. The fourth-order valence-corrected chi connectivity index (χ4v) is 5.95. The number of Topliss-reactive ketones (excluding diaryl/α,β-unsaturated/α-hetero) is 1. The minimum Gasteiger partial charge on any atom is -0.493 e. The number of nitrogens with one attached hydrogen (secondary N) is 2. The third-order valence-corrected chi connectivity index (χ3v) is 7.79. The second kappa shape index (κ2) is 12.4. The predicted molar refractivity (Wildman–Crippen MR) is 164 cm³/mol. The van der Waals surface area contributed by atoms with Crippen molar-refractivity contribution in [1.82, 2.24) is 0 Å². The van der Waals surface area contributed by atoms with Crippen LogP contribution in [0.1, 0.15) is 63.6 Å². The molecule has 1 heterocycles. The Hall–Kier alpha value is -3.45. The molecule has 2 atom stereocenters. The third kappa shape index (κ3) is 5.99. The first-order valence-electron chi connectivity index (χ1n) is 14.1. The second-order valence-corrected chi connectivity index (χ2v) is 11.5. The lowest BCUT2D eigenvalue weighted by Crippen LogP contribution is -2.27. The molecule has 3 aromatic carbocycles. The molecule has 7 heteroatoms. The Labute approximate surface area is 245 Å². The van der Waals surface area contributed by atoms with E-state index in [0.717, 1.165) is 50.4 Å². The summed E-state index contributed by atoms with van der Waals surface area (Å²) < 4.78 is 18.5. The minimum absolute atomic E-state index is 0.0786. The van der Waals surface area contributed by atoms with Crippen molar-refractivity contribution < 1.29 is 19.0 Å². The van der Waals surface area contributed by atoms with E-state index in [1.165, 1.54) is 0 Å². The Morgan fingerprint density at radius 2 is 1.62 bits per heavy atom. The molecule has 0 saturated carbocycles. The first-order chi connectivity index (χ1) is 19.4. The Morgan fingerprint density at radius 1 is 0.900 bits per heavy atom. The Morgan fingerprint density at radius 3 is 2.33 bits per heavy atom. The van der Waals surface area contributed by atoms with E-state index in [2.05, 4.69) is 52.5 Å². The van der Waals surface area contributed by atoms with Crippen LogP contribution in [0.25, 0.3) is 0 Å². The molecule has 1 aliphatic heterocycles. The van der Waals surface area contributed by atoms with E-state index in [9.17, 15) is 4.79 Å². The molecule has 2 unspecified atom stereocenters. The summed E-state index contributed by atoms with van der Waals surface area (Å²) in [5.41, 5.74) is 5.69. The molecular weight excluding hydrogens is 568 g/mol. The first-order valence-corrected chi connectivity index (χ1v) is 14.9. The van der Waals surface area contributed by atoms with E-state index >= 15 is 0 Å². The van der Waals surface area contributed by atoms with Crippen molar-refractivity contribution in [2.24, 2.45) is 5.92 Å². The third-order valence-electron chi connectivity index (χ3n) is 7.20. The molecule has 0 radical (unpaired) electrons. The normalized spacial score (nSPS) is 18.3. The average Bonchev–Trinajstić information content (AvgIpc) is 3.11. The summed E-state index contributed by atoms with van der Waals surface area (Å²) in [6, 6.07) is 20.0. The van der Waals surface area contributed by atoms with Crippen molar-refractivity contribution in [2.45, 2.75) is 52.5 Å². The predicted octanol–water partition coefficient (Wildman–Crippen LogP) is 8.26. The van der Waals surface area contributed by atoms with Gasteiger partial charge in [-0.05, 0) is 95.6 Å². The number of anilines is 2. The smallest absolute Gasteiger partial charge is 0.175 e. The molecule has 1 aliphatic carbocycles. The Bertz CT molecular complexity index is 1400. The molecule has 0 aromatic heterocycles. The fourth-order valence-electron chi connectivity index (χ4n) is 5.38. The van der Waals surface area contributed by atoms with Gasteiger partial charge in [-0.15, -0.1) is 0 Å². The van der Waals surface area contributed by atoms with Crippen LogP contribution in [0.5, 0.6) is 17.2 Å². The highest BCUT2D eigenvalue weighted by Crippen LogP contribution is 2.47. The molecule has 210 valence electrons. The standard InChI is InChI=1S/C33H37BrN2O4/c1-5-38-30-18-23(15-25(34)33(30)39-6-2)32-31-28(35-26-9-7-8-10-27(26)36-32)16-22(17-29(31)37)21-11-13-24(14-12-21)40-19-20(3)4/h7-15,18,20,22,32,35-36H,5-6,16-17,19H2,1-4H3. The molecule has 5 rings (SSSR count). The van der Waals surface area contributed by atoms with E-state index in [0.29, 0.717) is 43.7 Å². The molecule has 3 aromatic rings. The number of benzene rings is 3. The van der Waals surface area contributed by atoms with Gasteiger partial charge in [0.2, 0.25) is 0 Å². The van der Waals surface area contributed by atoms with Crippen LogP contribution in [0.15, 0.2) is 76.4 Å². The molecule has 2 aliphatic rings. The van der Waals surface area contributed by atoms with Gasteiger partial charge in [-0.1, -0.05) is 38.1 Å². The van der Waals surface area contributed by atoms with E-state index in [1.54, 1.807) is 0 Å². The number of para-hydroxylation sites is 2. The molecule has 40 heavy (non-hydrogen) atoms. The van der Waals surface area contributed by atoms with Crippen molar-refractivity contribution in [3.63, 3.8) is 0 Å². The maximum atomic E-state index is 14.0. The van der Waals surface area contributed by atoms with Gasteiger partial charge in [-0.25, -0.2) is 0 Å². The number of fused-ring (bicyclic) bond motifs is 1. The molecule has 0 amide bonds. The number of rotatable bonds is 9. The summed E-state index contributed by atoms with van der Waals surface area (Å²) in [5, 5.41) is 7.29. The number of ketones is 1. The number of ether oxygens (including phenoxy) is 3. The lowest BCUT2D eigenvalue weighted by molar-refractivity contribution is -0.116. The monoisotopic (exact) mass is 604 g/mol. The largest absolute Gasteiger partial charge is 0.493 e. The van der Waals surface area contributed by atoms with Crippen LogP contribution in [0.2, 0.25) is 0 Å². The van der Waals surface area contributed by atoms with Gasteiger partial charge in [0.25, 0.3) is 0 Å². The van der Waals surface area contributed by atoms with Crippen LogP contribution in [0.4, 0.5) is 11.4 Å². The van der Waals surface area contributed by atoms with Crippen LogP contribution >= 0.6 is 15.9 Å². The zero-order valence-corrected chi connectivity index (χ0v) is 25.1. The van der Waals surface area contributed by atoms with Crippen molar-refractivity contribution >= 4 is 33.1 Å². The molecule has 0 saturated heterocycles. The highest BCUT2D eigenvalue weighted by Gasteiger charge is 2.36. The van der Waals surface area contributed by atoms with Gasteiger partial charge < -0.3 is 24.8 Å². The van der Waals surface area contributed by atoms with Gasteiger partial charge >= 0.3 is 0 Å². The van der Waals surface area contributed by atoms with Crippen LogP contribution < -0.4 is 24.8 Å². The van der Waals surface area contributed by atoms with Crippen molar-refractivity contribution in [3.8, 4) is 17.2 Å².